The molecule has 0 aromatic heterocycles. The SMILES string of the molecule is C=CC1CC(C)C2(O)CCCC1(O)O2. The lowest BCUT2D eigenvalue weighted by Crippen LogP contribution is -2.60. The summed E-state index contributed by atoms with van der Waals surface area (Å²) in [5.74, 6) is -2.29. The lowest BCUT2D eigenvalue weighted by molar-refractivity contribution is -0.407. The van der Waals surface area contributed by atoms with Crippen LogP contribution in [0.3, 0.4) is 0 Å². The van der Waals surface area contributed by atoms with Crippen LogP contribution in [0.1, 0.15) is 32.6 Å². The lowest BCUT2D eigenvalue weighted by Gasteiger charge is -2.53. The van der Waals surface area contributed by atoms with E-state index in [1.807, 2.05) is 6.92 Å². The molecule has 0 radical (unpaired) electrons. The summed E-state index contributed by atoms with van der Waals surface area (Å²) in [7, 11) is 0. The van der Waals surface area contributed by atoms with Crippen LogP contribution in [-0.2, 0) is 4.74 Å². The molecule has 0 aromatic carbocycles. The smallest absolute Gasteiger partial charge is 0.175 e. The zero-order valence-electron chi connectivity index (χ0n) is 8.57. The third-order valence-electron chi connectivity index (χ3n) is 3.66. The molecule has 14 heavy (non-hydrogen) atoms. The van der Waals surface area contributed by atoms with Gasteiger partial charge < -0.3 is 14.9 Å². The Morgan fingerprint density at radius 2 is 2.00 bits per heavy atom. The van der Waals surface area contributed by atoms with E-state index in [1.165, 1.54) is 0 Å². The molecule has 3 heteroatoms. The van der Waals surface area contributed by atoms with E-state index in [1.54, 1.807) is 6.08 Å². The monoisotopic (exact) mass is 198 g/mol. The first-order valence-electron chi connectivity index (χ1n) is 5.28. The van der Waals surface area contributed by atoms with E-state index in [9.17, 15) is 10.2 Å². The molecule has 0 spiro atoms. The largest absolute Gasteiger partial charge is 0.365 e. The molecule has 2 saturated heterocycles. The van der Waals surface area contributed by atoms with Crippen molar-refractivity contribution in [2.75, 3.05) is 0 Å². The standard InChI is InChI=1S/C11H18O3/c1-3-9-7-8(2)10(12)5-4-6-11(9,13)14-10/h3,8-9,12-13H,1,4-7H2,2H3. The molecule has 2 rings (SSSR count). The zero-order chi connectivity index (χ0) is 10.4. The topological polar surface area (TPSA) is 49.7 Å². The molecule has 0 aliphatic carbocycles. The molecule has 0 saturated carbocycles. The molecule has 2 fully saturated rings. The summed E-state index contributed by atoms with van der Waals surface area (Å²) in [6.07, 6.45) is 4.51. The Labute approximate surface area is 84.4 Å². The molecule has 4 unspecified atom stereocenters. The average molecular weight is 198 g/mol. The highest BCUT2D eigenvalue weighted by molar-refractivity contribution is 5.00. The van der Waals surface area contributed by atoms with E-state index in [0.717, 1.165) is 12.8 Å². The summed E-state index contributed by atoms with van der Waals surface area (Å²) in [6, 6.07) is 0. The Bertz CT molecular complexity index is 253. The maximum absolute atomic E-state index is 10.2. The van der Waals surface area contributed by atoms with E-state index in [2.05, 4.69) is 6.58 Å². The second-order valence-corrected chi connectivity index (χ2v) is 4.62. The van der Waals surface area contributed by atoms with E-state index in [-0.39, 0.29) is 11.8 Å². The maximum atomic E-state index is 10.2. The molecule has 2 aliphatic rings. The fourth-order valence-corrected chi connectivity index (χ4v) is 2.64. The third kappa shape index (κ3) is 1.31. The summed E-state index contributed by atoms with van der Waals surface area (Å²) in [4.78, 5) is 0. The molecule has 2 bridgehead atoms. The van der Waals surface area contributed by atoms with Crippen molar-refractivity contribution in [3.8, 4) is 0 Å². The Morgan fingerprint density at radius 3 is 2.64 bits per heavy atom. The van der Waals surface area contributed by atoms with Crippen LogP contribution >= 0.6 is 0 Å². The summed E-state index contributed by atoms with van der Waals surface area (Å²) in [5, 5.41) is 20.3. The molecule has 4 atom stereocenters. The van der Waals surface area contributed by atoms with E-state index < -0.39 is 11.6 Å². The van der Waals surface area contributed by atoms with Gasteiger partial charge in [-0.3, -0.25) is 0 Å². The van der Waals surface area contributed by atoms with Crippen molar-refractivity contribution in [3.63, 3.8) is 0 Å². The van der Waals surface area contributed by atoms with Gasteiger partial charge in [-0.05, 0) is 12.8 Å². The maximum Gasteiger partial charge on any atom is 0.175 e. The van der Waals surface area contributed by atoms with Gasteiger partial charge in [-0.25, -0.2) is 0 Å². The van der Waals surface area contributed by atoms with Crippen molar-refractivity contribution >= 4 is 0 Å². The van der Waals surface area contributed by atoms with Gasteiger partial charge in [0.2, 0.25) is 0 Å². The van der Waals surface area contributed by atoms with E-state index in [0.29, 0.717) is 12.8 Å². The predicted molar refractivity (Wildman–Crippen MR) is 52.3 cm³/mol. The van der Waals surface area contributed by atoms with E-state index in [4.69, 9.17) is 4.74 Å². The molecule has 2 N–H and O–H groups in total. The van der Waals surface area contributed by atoms with Crippen molar-refractivity contribution in [1.82, 2.24) is 0 Å². The predicted octanol–water partition coefficient (Wildman–Crippen LogP) is 1.41. The van der Waals surface area contributed by atoms with E-state index >= 15 is 0 Å². The Morgan fingerprint density at radius 1 is 1.36 bits per heavy atom. The Kier molecular flexibility index (Phi) is 2.21. The van der Waals surface area contributed by atoms with Crippen LogP contribution in [0, 0.1) is 11.8 Å². The van der Waals surface area contributed by atoms with Crippen molar-refractivity contribution in [2.45, 2.75) is 44.2 Å². The molecule has 2 aliphatic heterocycles. The first kappa shape index (κ1) is 10.1. The first-order valence-corrected chi connectivity index (χ1v) is 5.28. The number of hydrogen-bond acceptors (Lipinski definition) is 3. The Balaban J connectivity index is 2.28. The summed E-state index contributed by atoms with van der Waals surface area (Å²) in [6.45, 7) is 5.67. The van der Waals surface area contributed by atoms with Gasteiger partial charge in [0, 0.05) is 24.7 Å². The van der Waals surface area contributed by atoms with Crippen molar-refractivity contribution in [3.05, 3.63) is 12.7 Å². The number of ether oxygens (including phenoxy) is 1. The van der Waals surface area contributed by atoms with Crippen LogP contribution in [-0.4, -0.2) is 21.8 Å². The van der Waals surface area contributed by atoms with Crippen molar-refractivity contribution < 1.29 is 14.9 Å². The second-order valence-electron chi connectivity index (χ2n) is 4.62. The molecular formula is C11H18O3. The molecule has 0 aromatic rings. The summed E-state index contributed by atoms with van der Waals surface area (Å²) >= 11 is 0. The van der Waals surface area contributed by atoms with Crippen LogP contribution < -0.4 is 0 Å². The number of hydrogen-bond donors (Lipinski definition) is 2. The second kappa shape index (κ2) is 3.05. The Hall–Kier alpha value is -0.380. The van der Waals surface area contributed by atoms with Gasteiger partial charge >= 0.3 is 0 Å². The minimum Gasteiger partial charge on any atom is -0.365 e. The fraction of sp³-hybridized carbons (Fsp3) is 0.818. The molecule has 0 amide bonds. The highest BCUT2D eigenvalue weighted by atomic mass is 16.7. The minimum absolute atomic E-state index is 0.0573. The zero-order valence-corrected chi connectivity index (χ0v) is 8.57. The van der Waals surface area contributed by atoms with Crippen LogP contribution in [0.25, 0.3) is 0 Å². The number of fused-ring (bicyclic) bond motifs is 2. The van der Waals surface area contributed by atoms with Crippen LogP contribution in [0.4, 0.5) is 0 Å². The molecular weight excluding hydrogens is 180 g/mol. The fourth-order valence-electron chi connectivity index (χ4n) is 2.64. The minimum atomic E-state index is -1.18. The summed E-state index contributed by atoms with van der Waals surface area (Å²) < 4.78 is 5.45. The number of aliphatic hydroxyl groups is 2. The summed E-state index contributed by atoms with van der Waals surface area (Å²) in [5.41, 5.74) is 0. The van der Waals surface area contributed by atoms with Gasteiger partial charge in [-0.1, -0.05) is 13.0 Å². The van der Waals surface area contributed by atoms with Crippen LogP contribution in [0.15, 0.2) is 12.7 Å². The highest BCUT2D eigenvalue weighted by Crippen LogP contribution is 2.49. The van der Waals surface area contributed by atoms with Crippen molar-refractivity contribution in [2.24, 2.45) is 11.8 Å². The van der Waals surface area contributed by atoms with Crippen molar-refractivity contribution in [1.29, 1.82) is 0 Å². The molecule has 80 valence electrons. The highest BCUT2D eigenvalue weighted by Gasteiger charge is 2.54. The van der Waals surface area contributed by atoms with Gasteiger partial charge in [0.1, 0.15) is 0 Å². The first-order chi connectivity index (χ1) is 6.50. The normalized spacial score (nSPS) is 52.8. The third-order valence-corrected chi connectivity index (χ3v) is 3.66. The number of rotatable bonds is 1. The molecule has 3 nitrogen and oxygen atoms in total. The quantitative estimate of drug-likeness (QED) is 0.626. The lowest BCUT2D eigenvalue weighted by atomic mass is 9.74. The van der Waals surface area contributed by atoms with Crippen LogP contribution in [0.2, 0.25) is 0 Å². The van der Waals surface area contributed by atoms with Gasteiger partial charge in [0.05, 0.1) is 0 Å². The molecule has 2 heterocycles. The van der Waals surface area contributed by atoms with Gasteiger partial charge in [0.15, 0.2) is 11.6 Å². The van der Waals surface area contributed by atoms with Crippen LogP contribution in [0.5, 0.6) is 0 Å². The average Bonchev–Trinajstić information content (AvgIpc) is 2.11. The van der Waals surface area contributed by atoms with Gasteiger partial charge in [-0.2, -0.15) is 0 Å². The van der Waals surface area contributed by atoms with Gasteiger partial charge in [-0.15, -0.1) is 6.58 Å². The van der Waals surface area contributed by atoms with Gasteiger partial charge in [0.25, 0.3) is 0 Å².